The van der Waals surface area contributed by atoms with Gasteiger partial charge in [0.2, 0.25) is 0 Å². The zero-order valence-electron chi connectivity index (χ0n) is 44.6. The highest BCUT2D eigenvalue weighted by Gasteiger charge is 2.71. The smallest absolute Gasteiger partial charge is 0.333 e. The number of aliphatic hydroxyl groups is 2. The molecule has 0 bridgehead atoms. The number of hydrogen-bond acceptors (Lipinski definition) is 17. The maximum atomic E-state index is 13.4. The molecule has 0 spiro atoms. The molecule has 0 aromatic carbocycles. The summed E-state index contributed by atoms with van der Waals surface area (Å²) >= 11 is 0. The zero-order valence-corrected chi connectivity index (χ0v) is 44.6. The van der Waals surface area contributed by atoms with Crippen molar-refractivity contribution in [1.29, 1.82) is 0 Å². The van der Waals surface area contributed by atoms with Gasteiger partial charge >= 0.3 is 5.97 Å². The minimum absolute atomic E-state index is 0.0422. The average Bonchev–Trinajstić information content (AvgIpc) is 3.63. The van der Waals surface area contributed by atoms with Gasteiger partial charge in [0, 0.05) is 71.0 Å². The molecular formula is C54H86O17. The predicted octanol–water partition coefficient (Wildman–Crippen LogP) is 6.26. The van der Waals surface area contributed by atoms with Gasteiger partial charge in [-0.15, -0.1) is 0 Å². The first-order chi connectivity index (χ1) is 33.7. The van der Waals surface area contributed by atoms with Gasteiger partial charge in [-0.1, -0.05) is 31.6 Å². The van der Waals surface area contributed by atoms with Crippen molar-refractivity contribution in [2.24, 2.45) is 28.6 Å². The van der Waals surface area contributed by atoms with Gasteiger partial charge < -0.3 is 71.8 Å². The molecule has 4 heterocycles. The first-order valence-electron chi connectivity index (χ1n) is 26.5. The molecule has 17 nitrogen and oxygen atoms in total. The van der Waals surface area contributed by atoms with Crippen molar-refractivity contribution in [1.82, 2.24) is 0 Å². The molecule has 4 saturated heterocycles. The van der Waals surface area contributed by atoms with Gasteiger partial charge in [0.15, 0.2) is 25.2 Å². The first kappa shape index (κ1) is 55.3. The van der Waals surface area contributed by atoms with Crippen molar-refractivity contribution in [2.75, 3.05) is 28.4 Å². The number of ketones is 1. The van der Waals surface area contributed by atoms with Crippen LogP contribution in [0.25, 0.3) is 0 Å². The van der Waals surface area contributed by atoms with E-state index >= 15 is 0 Å². The largest absolute Gasteiger partial charge is 0.458 e. The van der Waals surface area contributed by atoms with Crippen LogP contribution in [-0.2, 0) is 71.2 Å². The van der Waals surface area contributed by atoms with Gasteiger partial charge in [0.25, 0.3) is 0 Å². The Morgan fingerprint density at radius 1 is 0.662 bits per heavy atom. The molecular weight excluding hydrogens is 921 g/mol. The second-order valence-electron chi connectivity index (χ2n) is 22.5. The molecule has 0 radical (unpaired) electrons. The van der Waals surface area contributed by atoms with Crippen LogP contribution in [0.5, 0.6) is 0 Å². The van der Waals surface area contributed by atoms with E-state index in [2.05, 4.69) is 13.0 Å². The summed E-state index contributed by atoms with van der Waals surface area (Å²) in [6.45, 7) is 17.1. The van der Waals surface area contributed by atoms with E-state index < -0.39 is 91.1 Å². The number of carbonyl (C=O) groups excluding carboxylic acids is 2. The lowest BCUT2D eigenvalue weighted by atomic mass is 9.45. The van der Waals surface area contributed by atoms with E-state index in [4.69, 9.17) is 61.6 Å². The van der Waals surface area contributed by atoms with Crippen molar-refractivity contribution in [3.8, 4) is 0 Å². The molecule has 4 aliphatic heterocycles. The summed E-state index contributed by atoms with van der Waals surface area (Å²) < 4.78 is 81.8. The van der Waals surface area contributed by atoms with E-state index in [1.807, 2.05) is 34.6 Å². The summed E-state index contributed by atoms with van der Waals surface area (Å²) in [5, 5.41) is 23.3. The molecule has 7 fully saturated rings. The van der Waals surface area contributed by atoms with Crippen LogP contribution in [0, 0.1) is 28.6 Å². The van der Waals surface area contributed by atoms with Crippen LogP contribution in [0.3, 0.4) is 0 Å². The minimum atomic E-state index is -1.15. The van der Waals surface area contributed by atoms with Crippen LogP contribution in [0.1, 0.15) is 133 Å². The van der Waals surface area contributed by atoms with Crippen molar-refractivity contribution in [2.45, 2.75) is 249 Å². The third kappa shape index (κ3) is 10.5. The highest BCUT2D eigenvalue weighted by molar-refractivity contribution is 5.88. The Hall–Kier alpha value is -1.94. The SMILES string of the molecule is C/C=C(\C)C(=O)O[C@@H]1CC2C(CC=C3C[C@@H](O[C@H]4C[C@H](OC)C(O[C@H]5C[C@H](OC)C(O[C@H]6C[C@H](OC)C(O[C@H]7C[C@@H](OC)[C@H](O)[C@@H](C)O7)[C@@H](C)O6)[C@@H](C)O5)[C@@H](C)O4)CC[C@@]32C)[C@@]2(O)CC[C@H](C(C)=O)[C@@]12C. The van der Waals surface area contributed by atoms with Crippen LogP contribution in [0.2, 0.25) is 0 Å². The van der Waals surface area contributed by atoms with E-state index in [0.717, 1.165) is 19.3 Å². The Labute approximate surface area is 421 Å². The minimum Gasteiger partial charge on any atom is -0.458 e. The lowest BCUT2D eigenvalue weighted by Crippen LogP contribution is -2.66. The first-order valence-corrected chi connectivity index (χ1v) is 26.5. The molecule has 24 atom stereocenters. The number of esters is 1. The second-order valence-corrected chi connectivity index (χ2v) is 22.5. The fraction of sp³-hybridized carbons (Fsp3) is 0.889. The van der Waals surface area contributed by atoms with E-state index in [1.54, 1.807) is 55.3 Å². The molecule has 3 saturated carbocycles. The number of carbonyl (C=O) groups is 2. The molecule has 5 unspecified atom stereocenters. The van der Waals surface area contributed by atoms with Gasteiger partial charge in [-0.25, -0.2) is 4.79 Å². The Morgan fingerprint density at radius 2 is 1.14 bits per heavy atom. The van der Waals surface area contributed by atoms with Gasteiger partial charge in [0.1, 0.15) is 36.3 Å². The highest BCUT2D eigenvalue weighted by atomic mass is 16.8. The highest BCUT2D eigenvalue weighted by Crippen LogP contribution is 2.68. The summed E-state index contributed by atoms with van der Waals surface area (Å²) in [5.74, 6) is -0.718. The average molecular weight is 1010 g/mol. The number of hydrogen-bond donors (Lipinski definition) is 2. The van der Waals surface area contributed by atoms with Crippen LogP contribution >= 0.6 is 0 Å². The lowest BCUT2D eigenvalue weighted by Gasteiger charge is -2.63. The van der Waals surface area contributed by atoms with Crippen LogP contribution < -0.4 is 0 Å². The molecule has 8 aliphatic rings. The Morgan fingerprint density at radius 3 is 1.62 bits per heavy atom. The van der Waals surface area contributed by atoms with Gasteiger partial charge in [-0.3, -0.25) is 4.79 Å². The van der Waals surface area contributed by atoms with E-state index in [-0.39, 0.29) is 65.4 Å². The fourth-order valence-corrected chi connectivity index (χ4v) is 14.4. The van der Waals surface area contributed by atoms with Crippen molar-refractivity contribution >= 4 is 11.8 Å². The van der Waals surface area contributed by atoms with Gasteiger partial charge in [0.05, 0.1) is 60.5 Å². The lowest BCUT2D eigenvalue weighted by molar-refractivity contribution is -0.347. The Kier molecular flexibility index (Phi) is 17.4. The summed E-state index contributed by atoms with van der Waals surface area (Å²) in [6, 6.07) is 0. The summed E-state index contributed by atoms with van der Waals surface area (Å²) in [6.07, 6.45) is 2.27. The predicted molar refractivity (Wildman–Crippen MR) is 257 cm³/mol. The van der Waals surface area contributed by atoms with Gasteiger partial charge in [-0.05, 0) is 111 Å². The topological polar surface area (TPSA) is 195 Å². The normalized spacial score (nSPS) is 49.3. The molecule has 4 aliphatic carbocycles. The zero-order chi connectivity index (χ0) is 51.3. The molecule has 0 amide bonds. The number of rotatable bonds is 15. The summed E-state index contributed by atoms with van der Waals surface area (Å²) in [7, 11) is 6.56. The van der Waals surface area contributed by atoms with Crippen molar-refractivity contribution in [3.63, 3.8) is 0 Å². The standard InChI is InChI=1S/C54H86O17/c1-14-27(2)51(57)68-42-22-37-36(54(58)20-18-35(28(3)55)53(42,54)9)16-15-33-21-34(17-19-52(33,37)8)67-43-24-39(60-11)48(30(5)64-43)70-45-26-41(62-13)50(32(7)66-45)71-46-25-40(61-12)49(31(6)65-46)69-44-23-38(59-10)47(56)29(4)63-44/h14-15,29-32,34-50,56,58H,16-26H2,1-13H3/b27-14+/t29-,30-,31-,32-,34+,35-,36?,37?,38-,39+,40+,41+,42-,43+,44+,45+,46+,47-,48?,49?,50?,52+,53+,54+/m1/s1. The summed E-state index contributed by atoms with van der Waals surface area (Å²) in [5.41, 5.74) is -0.429. The quantitative estimate of drug-likeness (QED) is 0.106. The Balaban J connectivity index is 0.855. The number of Topliss-reactive ketones (excluding diaryl/α,β-unsaturated/α-hetero) is 1. The van der Waals surface area contributed by atoms with Crippen molar-refractivity contribution < 1.29 is 81.4 Å². The van der Waals surface area contributed by atoms with E-state index in [9.17, 15) is 19.8 Å². The third-order valence-corrected chi connectivity index (χ3v) is 18.8. The van der Waals surface area contributed by atoms with Crippen LogP contribution in [0.4, 0.5) is 0 Å². The third-order valence-electron chi connectivity index (χ3n) is 18.8. The molecule has 0 aromatic rings. The number of allylic oxidation sites excluding steroid dienone is 2. The fourth-order valence-electron chi connectivity index (χ4n) is 14.4. The number of fused-ring (bicyclic) bond motifs is 5. The van der Waals surface area contributed by atoms with E-state index in [1.165, 1.54) is 5.57 Å². The van der Waals surface area contributed by atoms with Crippen LogP contribution in [0.15, 0.2) is 23.3 Å². The summed E-state index contributed by atoms with van der Waals surface area (Å²) in [4.78, 5) is 26.5. The number of aliphatic hydroxyl groups excluding tert-OH is 1. The van der Waals surface area contributed by atoms with Crippen molar-refractivity contribution in [3.05, 3.63) is 23.3 Å². The van der Waals surface area contributed by atoms with Crippen LogP contribution in [-0.4, -0.2) is 167 Å². The number of methoxy groups -OCH3 is 4. The Bertz CT molecular complexity index is 1910. The molecule has 71 heavy (non-hydrogen) atoms. The monoisotopic (exact) mass is 1010 g/mol. The maximum absolute atomic E-state index is 13.4. The second kappa shape index (κ2) is 22.3. The molecule has 2 N–H and O–H groups in total. The molecule has 17 heteroatoms. The maximum Gasteiger partial charge on any atom is 0.333 e. The molecule has 404 valence electrons. The van der Waals surface area contributed by atoms with E-state index in [0.29, 0.717) is 56.9 Å². The number of ether oxygens (including phenoxy) is 13. The molecule has 0 aromatic heterocycles. The van der Waals surface area contributed by atoms with Gasteiger partial charge in [-0.2, -0.15) is 0 Å². The molecule has 8 rings (SSSR count).